The van der Waals surface area contributed by atoms with E-state index in [2.05, 4.69) is 10.1 Å². The van der Waals surface area contributed by atoms with Gasteiger partial charge in [-0.1, -0.05) is 23.7 Å². The minimum absolute atomic E-state index is 0.0521. The molecule has 1 aromatic carbocycles. The van der Waals surface area contributed by atoms with Gasteiger partial charge < -0.3 is 9.72 Å². The molecule has 2 heterocycles. The van der Waals surface area contributed by atoms with Crippen molar-refractivity contribution < 1.29 is 9.53 Å². The molecule has 0 radical (unpaired) electrons. The number of aryl methyl sites for hydroxylation is 2. The summed E-state index contributed by atoms with van der Waals surface area (Å²) in [5, 5.41) is 4.38. The number of esters is 1. The molecule has 3 rings (SSSR count). The van der Waals surface area contributed by atoms with Crippen molar-refractivity contribution >= 4 is 17.6 Å². The maximum absolute atomic E-state index is 12.0. The number of nitrogens with zero attached hydrogens (tertiary/aromatic N) is 2. The average Bonchev–Trinajstić information content (AvgIpc) is 2.94. The van der Waals surface area contributed by atoms with Crippen LogP contribution in [-0.2, 0) is 11.3 Å². The fourth-order valence-electron chi connectivity index (χ4n) is 2.43. The number of pyridine rings is 1. The molecular formula is C18H16ClN3O3. The number of benzene rings is 1. The number of rotatable bonds is 4. The second kappa shape index (κ2) is 6.94. The zero-order valence-electron chi connectivity index (χ0n) is 13.7. The summed E-state index contributed by atoms with van der Waals surface area (Å²) in [5.41, 5.74) is 3.53. The van der Waals surface area contributed by atoms with Crippen molar-refractivity contribution in [2.45, 2.75) is 20.5 Å². The fourth-order valence-corrected chi connectivity index (χ4v) is 2.60. The number of carbonyl (C=O) groups is 1. The van der Waals surface area contributed by atoms with Crippen LogP contribution in [0.2, 0.25) is 5.02 Å². The molecule has 0 unspecified atom stereocenters. The van der Waals surface area contributed by atoms with E-state index in [1.165, 1.54) is 12.3 Å². The Morgan fingerprint density at radius 1 is 1.24 bits per heavy atom. The van der Waals surface area contributed by atoms with Crippen LogP contribution in [0.4, 0.5) is 0 Å². The van der Waals surface area contributed by atoms with E-state index in [0.717, 1.165) is 22.6 Å². The van der Waals surface area contributed by atoms with E-state index >= 15 is 0 Å². The highest BCUT2D eigenvalue weighted by Gasteiger charge is 2.10. The van der Waals surface area contributed by atoms with Gasteiger partial charge in [0, 0.05) is 11.9 Å². The Bertz CT molecular complexity index is 974. The van der Waals surface area contributed by atoms with Crippen molar-refractivity contribution in [3.8, 4) is 5.69 Å². The maximum atomic E-state index is 12.0. The van der Waals surface area contributed by atoms with Crippen LogP contribution in [0.25, 0.3) is 5.69 Å². The number of halogens is 1. The van der Waals surface area contributed by atoms with Crippen molar-refractivity contribution in [3.05, 3.63) is 80.5 Å². The summed E-state index contributed by atoms with van der Waals surface area (Å²) in [6, 6.07) is 10.9. The molecule has 25 heavy (non-hydrogen) atoms. The SMILES string of the molecule is Cc1cc(C)n(-c2ccc(COC(=O)c3c[nH]c(=O)c(Cl)c3)cc2)n1. The van der Waals surface area contributed by atoms with Crippen LogP contribution in [-0.4, -0.2) is 20.7 Å². The molecule has 3 aromatic rings. The van der Waals surface area contributed by atoms with E-state index in [1.807, 2.05) is 48.9 Å². The molecule has 7 heteroatoms. The van der Waals surface area contributed by atoms with Crippen LogP contribution >= 0.6 is 11.6 Å². The third kappa shape index (κ3) is 3.80. The van der Waals surface area contributed by atoms with Crippen LogP contribution in [0.15, 0.2) is 47.4 Å². The lowest BCUT2D eigenvalue weighted by molar-refractivity contribution is 0.0472. The van der Waals surface area contributed by atoms with Crippen molar-refractivity contribution in [2.75, 3.05) is 0 Å². The van der Waals surface area contributed by atoms with E-state index < -0.39 is 11.5 Å². The monoisotopic (exact) mass is 357 g/mol. The first-order valence-electron chi connectivity index (χ1n) is 7.62. The lowest BCUT2D eigenvalue weighted by Crippen LogP contribution is -2.11. The van der Waals surface area contributed by atoms with E-state index in [0.29, 0.717) is 0 Å². The van der Waals surface area contributed by atoms with Gasteiger partial charge in [0.25, 0.3) is 5.56 Å². The molecule has 0 fully saturated rings. The Hall–Kier alpha value is -2.86. The molecular weight excluding hydrogens is 342 g/mol. The molecule has 0 saturated heterocycles. The van der Waals surface area contributed by atoms with E-state index in [-0.39, 0.29) is 17.2 Å². The van der Waals surface area contributed by atoms with Gasteiger partial charge in [-0.05, 0) is 43.7 Å². The summed E-state index contributed by atoms with van der Waals surface area (Å²) in [7, 11) is 0. The molecule has 0 aliphatic rings. The van der Waals surface area contributed by atoms with Gasteiger partial charge in [-0.25, -0.2) is 9.48 Å². The molecule has 0 bridgehead atoms. The van der Waals surface area contributed by atoms with Gasteiger partial charge in [0.1, 0.15) is 11.6 Å². The first-order valence-corrected chi connectivity index (χ1v) is 8.00. The highest BCUT2D eigenvalue weighted by molar-refractivity contribution is 6.30. The molecule has 0 atom stereocenters. The molecule has 0 aliphatic heterocycles. The largest absolute Gasteiger partial charge is 0.457 e. The van der Waals surface area contributed by atoms with E-state index in [9.17, 15) is 9.59 Å². The number of carbonyl (C=O) groups excluding carboxylic acids is 1. The average molecular weight is 358 g/mol. The van der Waals surface area contributed by atoms with Crippen molar-refractivity contribution in [1.82, 2.24) is 14.8 Å². The van der Waals surface area contributed by atoms with Gasteiger partial charge in [-0.2, -0.15) is 5.10 Å². The summed E-state index contributed by atoms with van der Waals surface area (Å²) < 4.78 is 7.09. The Labute approximate surface area is 149 Å². The van der Waals surface area contributed by atoms with Gasteiger partial charge in [-0.15, -0.1) is 0 Å². The second-order valence-electron chi connectivity index (χ2n) is 5.65. The molecule has 0 saturated carbocycles. The topological polar surface area (TPSA) is 77.0 Å². The minimum Gasteiger partial charge on any atom is -0.457 e. The smallest absolute Gasteiger partial charge is 0.340 e. The van der Waals surface area contributed by atoms with E-state index in [1.54, 1.807) is 0 Å². The molecule has 0 spiro atoms. The second-order valence-corrected chi connectivity index (χ2v) is 6.05. The number of ether oxygens (including phenoxy) is 1. The van der Waals surface area contributed by atoms with Gasteiger partial charge >= 0.3 is 5.97 Å². The van der Waals surface area contributed by atoms with Gasteiger partial charge in [0.2, 0.25) is 0 Å². The molecule has 0 amide bonds. The Balaban J connectivity index is 1.67. The first-order chi connectivity index (χ1) is 11.9. The summed E-state index contributed by atoms with van der Waals surface area (Å²) in [6.07, 6.45) is 1.28. The van der Waals surface area contributed by atoms with Crippen LogP contribution in [0.3, 0.4) is 0 Å². The van der Waals surface area contributed by atoms with Gasteiger partial charge in [0.15, 0.2) is 0 Å². The summed E-state index contributed by atoms with van der Waals surface area (Å²) >= 11 is 5.71. The summed E-state index contributed by atoms with van der Waals surface area (Å²) in [5.74, 6) is -0.555. The standard InChI is InChI=1S/C18H16ClN3O3/c1-11-7-12(2)22(21-11)15-5-3-13(4-6-15)10-25-18(24)14-8-16(19)17(23)20-9-14/h3-9H,10H2,1-2H3,(H,20,23). The van der Waals surface area contributed by atoms with Crippen LogP contribution < -0.4 is 5.56 Å². The van der Waals surface area contributed by atoms with Crippen molar-refractivity contribution in [1.29, 1.82) is 0 Å². The van der Waals surface area contributed by atoms with Crippen LogP contribution in [0.5, 0.6) is 0 Å². The maximum Gasteiger partial charge on any atom is 0.340 e. The number of hydrogen-bond donors (Lipinski definition) is 1. The lowest BCUT2D eigenvalue weighted by Gasteiger charge is -2.07. The Morgan fingerprint density at radius 2 is 1.96 bits per heavy atom. The zero-order valence-corrected chi connectivity index (χ0v) is 14.5. The molecule has 6 nitrogen and oxygen atoms in total. The van der Waals surface area contributed by atoms with Crippen LogP contribution in [0, 0.1) is 13.8 Å². The molecule has 1 N–H and O–H groups in total. The first kappa shape index (κ1) is 17.0. The van der Waals surface area contributed by atoms with Crippen LogP contribution in [0.1, 0.15) is 27.3 Å². The minimum atomic E-state index is -0.555. The predicted octanol–water partition coefficient (Wildman–Crippen LogP) is 3.19. The number of nitrogens with one attached hydrogen (secondary N) is 1. The normalized spacial score (nSPS) is 10.7. The Kier molecular flexibility index (Phi) is 4.72. The predicted molar refractivity (Wildman–Crippen MR) is 94.2 cm³/mol. The lowest BCUT2D eigenvalue weighted by atomic mass is 10.2. The highest BCUT2D eigenvalue weighted by atomic mass is 35.5. The molecule has 128 valence electrons. The summed E-state index contributed by atoms with van der Waals surface area (Å²) in [4.78, 5) is 25.6. The number of hydrogen-bond acceptors (Lipinski definition) is 4. The quantitative estimate of drug-likeness (QED) is 0.727. The van der Waals surface area contributed by atoms with Gasteiger partial charge in [-0.3, -0.25) is 4.79 Å². The molecule has 2 aromatic heterocycles. The zero-order chi connectivity index (χ0) is 18.0. The van der Waals surface area contributed by atoms with Crippen molar-refractivity contribution in [2.24, 2.45) is 0 Å². The summed E-state index contributed by atoms with van der Waals surface area (Å²) in [6.45, 7) is 4.05. The highest BCUT2D eigenvalue weighted by Crippen LogP contribution is 2.14. The Morgan fingerprint density at radius 3 is 2.56 bits per heavy atom. The molecule has 0 aliphatic carbocycles. The van der Waals surface area contributed by atoms with Crippen molar-refractivity contribution in [3.63, 3.8) is 0 Å². The van der Waals surface area contributed by atoms with E-state index in [4.69, 9.17) is 16.3 Å². The number of H-pyrrole nitrogens is 1. The number of aromatic amines is 1. The third-order valence-electron chi connectivity index (χ3n) is 3.65. The fraction of sp³-hybridized carbons (Fsp3) is 0.167. The number of aromatic nitrogens is 3. The van der Waals surface area contributed by atoms with Gasteiger partial charge in [0.05, 0.1) is 16.9 Å². The third-order valence-corrected chi connectivity index (χ3v) is 3.93.